The second kappa shape index (κ2) is 6.48. The molecule has 132 valence electrons. The van der Waals surface area contributed by atoms with Crippen molar-refractivity contribution in [3.63, 3.8) is 0 Å². The summed E-state index contributed by atoms with van der Waals surface area (Å²) in [5, 5.41) is 11.7. The van der Waals surface area contributed by atoms with Gasteiger partial charge in [-0.25, -0.2) is 4.68 Å². The lowest BCUT2D eigenvalue weighted by molar-refractivity contribution is 0.0956. The maximum Gasteiger partial charge on any atom is 0.280 e. The molecule has 25 heavy (non-hydrogen) atoms. The molecule has 1 fully saturated rings. The van der Waals surface area contributed by atoms with Crippen LogP contribution in [0.4, 0.5) is 5.69 Å². The Labute approximate surface area is 147 Å². The first-order valence-corrected chi connectivity index (χ1v) is 8.83. The van der Waals surface area contributed by atoms with E-state index in [0.717, 1.165) is 42.9 Å². The van der Waals surface area contributed by atoms with E-state index < -0.39 is 0 Å². The molecule has 0 aliphatic carbocycles. The molecule has 1 aromatic carbocycles. The van der Waals surface area contributed by atoms with Gasteiger partial charge in [-0.3, -0.25) is 9.69 Å². The topological polar surface area (TPSA) is 72.3 Å². The molecule has 7 nitrogen and oxygen atoms in total. The number of fused-ring (bicyclic) bond motifs is 1. The second-order valence-corrected chi connectivity index (χ2v) is 6.88. The van der Waals surface area contributed by atoms with E-state index in [-0.39, 0.29) is 12.0 Å². The molecule has 0 spiro atoms. The molecule has 2 aliphatic heterocycles. The number of rotatable bonds is 2. The number of amides is 1. The average molecular weight is 341 g/mol. The predicted octanol–water partition coefficient (Wildman–Crippen LogP) is 1.94. The van der Waals surface area contributed by atoms with Crippen LogP contribution in [-0.2, 0) is 0 Å². The summed E-state index contributed by atoms with van der Waals surface area (Å²) in [6, 6.07) is 6.21. The van der Waals surface area contributed by atoms with Gasteiger partial charge in [0.15, 0.2) is 5.69 Å². The lowest BCUT2D eigenvalue weighted by Crippen LogP contribution is -2.42. The van der Waals surface area contributed by atoms with Crippen molar-refractivity contribution in [3.05, 3.63) is 35.7 Å². The van der Waals surface area contributed by atoms with Gasteiger partial charge < -0.3 is 10.1 Å². The number of ether oxygens (including phenoxy) is 1. The highest BCUT2D eigenvalue weighted by atomic mass is 16.5. The zero-order valence-corrected chi connectivity index (χ0v) is 14.6. The minimum Gasteiger partial charge on any atom is -0.487 e. The number of aromatic nitrogens is 3. The van der Waals surface area contributed by atoms with E-state index in [1.165, 1.54) is 0 Å². The number of nitrogens with one attached hydrogen (secondary N) is 1. The Balaban J connectivity index is 1.60. The Bertz CT molecular complexity index is 782. The van der Waals surface area contributed by atoms with Crippen molar-refractivity contribution >= 4 is 11.6 Å². The quantitative estimate of drug-likeness (QED) is 0.904. The molecule has 1 N–H and O–H groups in total. The molecule has 0 saturated carbocycles. The van der Waals surface area contributed by atoms with Crippen LogP contribution in [0.1, 0.15) is 41.9 Å². The second-order valence-electron chi connectivity index (χ2n) is 6.88. The SMILES string of the molecule is Cc1ccc2c(c1)OC(C)CN2C(=O)c1cn(C2CCNCC2)nn1. The first-order chi connectivity index (χ1) is 12.1. The highest BCUT2D eigenvalue weighted by molar-refractivity contribution is 6.05. The molecule has 7 heteroatoms. The monoisotopic (exact) mass is 341 g/mol. The van der Waals surface area contributed by atoms with Crippen molar-refractivity contribution in [2.24, 2.45) is 0 Å². The van der Waals surface area contributed by atoms with Crippen LogP contribution >= 0.6 is 0 Å². The molecule has 3 heterocycles. The number of benzene rings is 1. The summed E-state index contributed by atoms with van der Waals surface area (Å²) < 4.78 is 7.73. The summed E-state index contributed by atoms with van der Waals surface area (Å²) in [7, 11) is 0. The maximum absolute atomic E-state index is 13.0. The van der Waals surface area contributed by atoms with Gasteiger partial charge in [0.2, 0.25) is 0 Å². The summed E-state index contributed by atoms with van der Waals surface area (Å²) in [5.41, 5.74) is 2.29. The standard InChI is InChI=1S/C18H23N5O2/c1-12-3-4-16-17(9-12)25-13(2)10-22(16)18(24)15-11-23(21-20-15)14-5-7-19-8-6-14/h3-4,9,11,13-14,19H,5-8,10H2,1-2H3. The average Bonchev–Trinajstić information content (AvgIpc) is 3.11. The zero-order valence-electron chi connectivity index (χ0n) is 14.6. The van der Waals surface area contributed by atoms with Crippen molar-refractivity contribution in [1.82, 2.24) is 20.3 Å². The van der Waals surface area contributed by atoms with Crippen molar-refractivity contribution in [1.29, 1.82) is 0 Å². The van der Waals surface area contributed by atoms with E-state index in [2.05, 4.69) is 15.6 Å². The van der Waals surface area contributed by atoms with Gasteiger partial charge >= 0.3 is 0 Å². The smallest absolute Gasteiger partial charge is 0.280 e. The van der Waals surface area contributed by atoms with Crippen LogP contribution < -0.4 is 15.0 Å². The maximum atomic E-state index is 13.0. The van der Waals surface area contributed by atoms with Crippen molar-refractivity contribution in [3.8, 4) is 5.75 Å². The summed E-state index contributed by atoms with van der Waals surface area (Å²) in [4.78, 5) is 14.8. The van der Waals surface area contributed by atoms with Gasteiger partial charge in [0, 0.05) is 0 Å². The van der Waals surface area contributed by atoms with E-state index in [1.54, 1.807) is 11.1 Å². The molecule has 4 rings (SSSR count). The van der Waals surface area contributed by atoms with Gasteiger partial charge in [0.1, 0.15) is 11.9 Å². The molecule has 2 aliphatic rings. The van der Waals surface area contributed by atoms with Gasteiger partial charge in [0.25, 0.3) is 5.91 Å². The third-order valence-corrected chi connectivity index (χ3v) is 4.83. The number of piperidine rings is 1. The fraction of sp³-hybridized carbons (Fsp3) is 0.500. The number of carbonyl (C=O) groups is 1. The van der Waals surface area contributed by atoms with Crippen LogP contribution in [-0.4, -0.2) is 46.6 Å². The number of carbonyl (C=O) groups excluding carboxylic acids is 1. The van der Waals surface area contributed by atoms with E-state index in [1.807, 2.05) is 36.7 Å². The van der Waals surface area contributed by atoms with Crippen LogP contribution in [0.5, 0.6) is 5.75 Å². The van der Waals surface area contributed by atoms with E-state index in [9.17, 15) is 4.79 Å². The largest absolute Gasteiger partial charge is 0.487 e. The minimum absolute atomic E-state index is 0.0577. The van der Waals surface area contributed by atoms with E-state index >= 15 is 0 Å². The van der Waals surface area contributed by atoms with E-state index in [4.69, 9.17) is 4.74 Å². The number of anilines is 1. The Morgan fingerprint density at radius 1 is 1.32 bits per heavy atom. The van der Waals surface area contributed by atoms with Crippen LogP contribution in [0.2, 0.25) is 0 Å². The number of nitrogens with zero attached hydrogens (tertiary/aromatic N) is 4. The third-order valence-electron chi connectivity index (χ3n) is 4.83. The zero-order chi connectivity index (χ0) is 17.4. The molecule has 1 amide bonds. The molecule has 1 saturated heterocycles. The van der Waals surface area contributed by atoms with Crippen LogP contribution in [0.25, 0.3) is 0 Å². The summed E-state index contributed by atoms with van der Waals surface area (Å²) in [5.74, 6) is 0.623. The predicted molar refractivity (Wildman–Crippen MR) is 94.1 cm³/mol. The Morgan fingerprint density at radius 3 is 2.92 bits per heavy atom. The van der Waals surface area contributed by atoms with Crippen LogP contribution in [0.15, 0.2) is 24.4 Å². The molecule has 0 bridgehead atoms. The van der Waals surface area contributed by atoms with Crippen molar-refractivity contribution < 1.29 is 9.53 Å². The van der Waals surface area contributed by atoms with Crippen LogP contribution in [0.3, 0.4) is 0 Å². The first kappa shape index (κ1) is 16.1. The van der Waals surface area contributed by atoms with Gasteiger partial charge in [-0.05, 0) is 57.5 Å². The minimum atomic E-state index is -0.125. The molecular weight excluding hydrogens is 318 g/mol. The lowest BCUT2D eigenvalue weighted by atomic mass is 10.1. The number of hydrogen-bond acceptors (Lipinski definition) is 5. The van der Waals surface area contributed by atoms with Crippen molar-refractivity contribution in [2.45, 2.75) is 38.8 Å². The molecule has 1 atom stereocenters. The molecular formula is C18H23N5O2. The van der Waals surface area contributed by atoms with Gasteiger partial charge in [-0.1, -0.05) is 11.3 Å². The van der Waals surface area contributed by atoms with Crippen molar-refractivity contribution in [2.75, 3.05) is 24.5 Å². The molecule has 0 radical (unpaired) electrons. The Kier molecular flexibility index (Phi) is 4.17. The Hall–Kier alpha value is -2.41. The normalized spacial score (nSPS) is 20.9. The summed E-state index contributed by atoms with van der Waals surface area (Å²) in [6.45, 7) is 6.44. The summed E-state index contributed by atoms with van der Waals surface area (Å²) in [6.07, 6.45) is 3.74. The van der Waals surface area contributed by atoms with Crippen LogP contribution in [0, 0.1) is 6.92 Å². The number of hydrogen-bond donors (Lipinski definition) is 1. The fourth-order valence-electron chi connectivity index (χ4n) is 3.50. The molecule has 1 unspecified atom stereocenters. The highest BCUT2D eigenvalue weighted by Gasteiger charge is 2.30. The van der Waals surface area contributed by atoms with Gasteiger partial charge in [0.05, 0.1) is 24.5 Å². The molecule has 1 aromatic heterocycles. The first-order valence-electron chi connectivity index (χ1n) is 8.83. The van der Waals surface area contributed by atoms with Gasteiger partial charge in [-0.2, -0.15) is 0 Å². The lowest BCUT2D eigenvalue weighted by Gasteiger charge is -2.33. The fourth-order valence-corrected chi connectivity index (χ4v) is 3.50. The highest BCUT2D eigenvalue weighted by Crippen LogP contribution is 2.35. The number of aryl methyl sites for hydroxylation is 1. The third kappa shape index (κ3) is 3.11. The molecule has 2 aromatic rings. The van der Waals surface area contributed by atoms with Gasteiger partial charge in [-0.15, -0.1) is 5.10 Å². The Morgan fingerprint density at radius 2 is 2.12 bits per heavy atom. The summed E-state index contributed by atoms with van der Waals surface area (Å²) >= 11 is 0. The van der Waals surface area contributed by atoms with E-state index in [0.29, 0.717) is 18.3 Å².